The summed E-state index contributed by atoms with van der Waals surface area (Å²) in [5, 5.41) is 26.4. The summed E-state index contributed by atoms with van der Waals surface area (Å²) in [7, 11) is 0. The molecule has 2 rings (SSSR count). The minimum absolute atomic E-state index is 0.0651. The van der Waals surface area contributed by atoms with Gasteiger partial charge in [-0.15, -0.1) is 0 Å². The average Bonchev–Trinajstić information content (AvgIpc) is 3.26. The molecule has 4 unspecified atom stereocenters. The van der Waals surface area contributed by atoms with E-state index in [4.69, 9.17) is 15.9 Å². The first kappa shape index (κ1) is 29.6. The van der Waals surface area contributed by atoms with Gasteiger partial charge in [-0.2, -0.15) is 11.8 Å². The van der Waals surface area contributed by atoms with Crippen LogP contribution >= 0.6 is 11.8 Å². The smallest absolute Gasteiger partial charge is 0.325 e. The van der Waals surface area contributed by atoms with E-state index in [1.807, 2.05) is 30.5 Å². The number of amides is 3. The summed E-state index contributed by atoms with van der Waals surface area (Å²) in [5.41, 5.74) is 7.55. The lowest BCUT2D eigenvalue weighted by molar-refractivity contribution is -0.142. The molecule has 202 valence electrons. The Morgan fingerprint density at radius 2 is 1.62 bits per heavy atom. The summed E-state index contributed by atoms with van der Waals surface area (Å²) in [6.45, 7) is 1.24. The number of carbonyl (C=O) groups is 5. The molecule has 1 aromatic carbocycles. The van der Waals surface area contributed by atoms with E-state index in [2.05, 4.69) is 20.9 Å². The molecule has 3 amide bonds. The molecule has 0 saturated heterocycles. The van der Waals surface area contributed by atoms with Gasteiger partial charge in [-0.3, -0.25) is 24.0 Å². The number of fused-ring (bicyclic) bond motifs is 1. The number of nitrogens with two attached hydrogens (primary N) is 1. The first-order valence-electron chi connectivity index (χ1n) is 11.7. The van der Waals surface area contributed by atoms with Crippen LogP contribution in [0.15, 0.2) is 30.5 Å². The van der Waals surface area contributed by atoms with Crippen molar-refractivity contribution < 1.29 is 34.2 Å². The van der Waals surface area contributed by atoms with E-state index < -0.39 is 60.2 Å². The molecular formula is C24H33N5O7S. The van der Waals surface area contributed by atoms with E-state index in [1.165, 1.54) is 18.7 Å². The van der Waals surface area contributed by atoms with Crippen molar-refractivity contribution in [2.75, 3.05) is 12.0 Å². The zero-order chi connectivity index (χ0) is 27.5. The Labute approximate surface area is 218 Å². The van der Waals surface area contributed by atoms with Gasteiger partial charge < -0.3 is 36.9 Å². The lowest BCUT2D eigenvalue weighted by atomic mass is 10.0. The van der Waals surface area contributed by atoms with Crippen LogP contribution in [0.2, 0.25) is 0 Å². The van der Waals surface area contributed by atoms with Crippen LogP contribution in [-0.2, 0) is 30.4 Å². The minimum atomic E-state index is -1.34. The van der Waals surface area contributed by atoms with Crippen molar-refractivity contribution >= 4 is 52.3 Å². The zero-order valence-corrected chi connectivity index (χ0v) is 21.5. The summed E-state index contributed by atoms with van der Waals surface area (Å²) in [4.78, 5) is 64.1. The molecule has 8 N–H and O–H groups in total. The van der Waals surface area contributed by atoms with Gasteiger partial charge in [-0.25, -0.2) is 0 Å². The number of thioether (sulfide) groups is 1. The summed E-state index contributed by atoms with van der Waals surface area (Å²) in [6, 6.07) is 2.83. The second-order valence-electron chi connectivity index (χ2n) is 8.57. The van der Waals surface area contributed by atoms with Gasteiger partial charge in [0.15, 0.2) is 0 Å². The van der Waals surface area contributed by atoms with Crippen LogP contribution in [0.4, 0.5) is 0 Å². The van der Waals surface area contributed by atoms with Gasteiger partial charge in [0.05, 0.1) is 6.04 Å². The molecule has 37 heavy (non-hydrogen) atoms. The van der Waals surface area contributed by atoms with Crippen LogP contribution in [-0.4, -0.2) is 81.0 Å². The quantitative estimate of drug-likeness (QED) is 0.166. The van der Waals surface area contributed by atoms with Crippen LogP contribution in [0.3, 0.4) is 0 Å². The maximum atomic E-state index is 13.3. The van der Waals surface area contributed by atoms with Gasteiger partial charge >= 0.3 is 11.9 Å². The summed E-state index contributed by atoms with van der Waals surface area (Å²) in [6.07, 6.45) is 3.33. The molecular weight excluding hydrogens is 502 g/mol. The third kappa shape index (κ3) is 9.10. The molecule has 0 radical (unpaired) electrons. The lowest BCUT2D eigenvalue weighted by Crippen LogP contribution is -2.57. The van der Waals surface area contributed by atoms with Gasteiger partial charge in [0.25, 0.3) is 0 Å². The number of carboxylic acids is 2. The molecule has 1 aromatic heterocycles. The molecule has 13 heteroatoms. The predicted molar refractivity (Wildman–Crippen MR) is 139 cm³/mol. The number of nitrogens with one attached hydrogen (secondary N) is 4. The van der Waals surface area contributed by atoms with Gasteiger partial charge in [-0.05, 0) is 43.4 Å². The number of carbonyl (C=O) groups excluding carboxylic acids is 3. The lowest BCUT2D eigenvalue weighted by Gasteiger charge is -2.24. The number of carboxylic acid groups (broad SMARTS) is 2. The SMILES string of the molecule is CSCCC(N)C(=O)NC(Cc1c[nH]c2ccccc12)C(=O)NC(CCC(=O)O)C(=O)NC(C)C(=O)O. The highest BCUT2D eigenvalue weighted by Gasteiger charge is 2.30. The first-order valence-corrected chi connectivity index (χ1v) is 13.1. The number of H-pyrrole nitrogens is 1. The zero-order valence-electron chi connectivity index (χ0n) is 20.7. The molecule has 12 nitrogen and oxygen atoms in total. The number of aromatic amines is 1. The normalized spacial score (nSPS) is 14.2. The second-order valence-corrected chi connectivity index (χ2v) is 9.56. The van der Waals surface area contributed by atoms with Crippen LogP contribution < -0.4 is 21.7 Å². The van der Waals surface area contributed by atoms with Crippen molar-refractivity contribution in [3.63, 3.8) is 0 Å². The van der Waals surface area contributed by atoms with Crippen LogP contribution in [0, 0.1) is 0 Å². The fourth-order valence-corrected chi connectivity index (χ4v) is 4.06. The maximum absolute atomic E-state index is 13.3. The van der Waals surface area contributed by atoms with E-state index in [9.17, 15) is 24.0 Å². The van der Waals surface area contributed by atoms with Crippen molar-refractivity contribution in [2.45, 2.75) is 56.8 Å². The van der Waals surface area contributed by atoms with Crippen LogP contribution in [0.5, 0.6) is 0 Å². The Balaban J connectivity index is 2.28. The number of rotatable bonds is 15. The van der Waals surface area contributed by atoms with Crippen molar-refractivity contribution in [1.82, 2.24) is 20.9 Å². The summed E-state index contributed by atoms with van der Waals surface area (Å²) < 4.78 is 0. The Morgan fingerprint density at radius 1 is 0.973 bits per heavy atom. The monoisotopic (exact) mass is 535 g/mol. The highest BCUT2D eigenvalue weighted by Crippen LogP contribution is 2.19. The Kier molecular flexibility index (Phi) is 11.4. The Morgan fingerprint density at radius 3 is 2.27 bits per heavy atom. The number of aliphatic carboxylic acids is 2. The molecule has 0 bridgehead atoms. The molecule has 2 aromatic rings. The standard InChI is InChI=1S/C24H33N5O7S/c1-13(24(35)36)27-22(33)18(7-8-20(30)31)28-23(34)19(29-21(32)16(25)9-10-37-2)11-14-12-26-17-6-4-3-5-15(14)17/h3-6,12-13,16,18-19,26H,7-11,25H2,1-2H3,(H,27,33)(H,28,34)(H,29,32)(H,30,31)(H,35,36). The average molecular weight is 536 g/mol. The van der Waals surface area contributed by atoms with Crippen molar-refractivity contribution in [3.8, 4) is 0 Å². The molecule has 0 aliphatic carbocycles. The molecule has 0 aliphatic heterocycles. The molecule has 1 heterocycles. The van der Waals surface area contributed by atoms with E-state index in [1.54, 1.807) is 6.20 Å². The maximum Gasteiger partial charge on any atom is 0.325 e. The highest BCUT2D eigenvalue weighted by atomic mass is 32.2. The molecule has 0 fully saturated rings. The van der Waals surface area contributed by atoms with E-state index in [0.717, 1.165) is 16.5 Å². The van der Waals surface area contributed by atoms with E-state index in [-0.39, 0.29) is 12.8 Å². The van der Waals surface area contributed by atoms with E-state index >= 15 is 0 Å². The van der Waals surface area contributed by atoms with Gasteiger partial charge in [0.1, 0.15) is 18.1 Å². The van der Waals surface area contributed by atoms with Crippen molar-refractivity contribution in [1.29, 1.82) is 0 Å². The summed E-state index contributed by atoms with van der Waals surface area (Å²) >= 11 is 1.53. The van der Waals surface area contributed by atoms with Crippen LogP contribution in [0.1, 0.15) is 31.7 Å². The summed E-state index contributed by atoms with van der Waals surface area (Å²) in [5.74, 6) is -3.96. The predicted octanol–water partition coefficient (Wildman–Crippen LogP) is 0.215. The van der Waals surface area contributed by atoms with Gasteiger partial charge in [0.2, 0.25) is 17.7 Å². The van der Waals surface area contributed by atoms with Crippen molar-refractivity contribution in [2.24, 2.45) is 5.73 Å². The van der Waals surface area contributed by atoms with Crippen LogP contribution in [0.25, 0.3) is 10.9 Å². The molecule has 0 aliphatic rings. The second kappa shape index (κ2) is 14.2. The number of aromatic nitrogens is 1. The first-order chi connectivity index (χ1) is 17.5. The van der Waals surface area contributed by atoms with Gasteiger partial charge in [0, 0.05) is 29.9 Å². The third-order valence-electron chi connectivity index (χ3n) is 5.71. The fraction of sp³-hybridized carbons (Fsp3) is 0.458. The largest absolute Gasteiger partial charge is 0.481 e. The fourth-order valence-electron chi connectivity index (χ4n) is 3.57. The molecule has 0 saturated carbocycles. The van der Waals surface area contributed by atoms with E-state index in [0.29, 0.717) is 12.2 Å². The van der Waals surface area contributed by atoms with Crippen molar-refractivity contribution in [3.05, 3.63) is 36.0 Å². The number of hydrogen-bond acceptors (Lipinski definition) is 7. The highest BCUT2D eigenvalue weighted by molar-refractivity contribution is 7.98. The number of benzene rings is 1. The molecule has 4 atom stereocenters. The number of para-hydroxylation sites is 1. The Hall–Kier alpha value is -3.58. The Bertz CT molecular complexity index is 1120. The minimum Gasteiger partial charge on any atom is -0.481 e. The van der Waals surface area contributed by atoms with Gasteiger partial charge in [-0.1, -0.05) is 18.2 Å². The molecule has 0 spiro atoms. The number of hydrogen-bond donors (Lipinski definition) is 7. The topological polar surface area (TPSA) is 204 Å². The third-order valence-corrected chi connectivity index (χ3v) is 6.35.